The van der Waals surface area contributed by atoms with Crippen LogP contribution in [0.3, 0.4) is 0 Å². The lowest BCUT2D eigenvalue weighted by molar-refractivity contribution is -0.121. The minimum Gasteiger partial charge on any atom is -0.355 e. The second-order valence-corrected chi connectivity index (χ2v) is 8.75. The smallest absolute Gasteiger partial charge is 0.315 e. The number of likely N-dealkylation sites (N-methyl/N-ethyl adjacent to an activating group) is 1. The number of urea groups is 1. The molecule has 2 saturated heterocycles. The SMILES string of the molecule is CNCCNC(=O)CC/C(C=NCCNC(=O)CCC[C@@H]1SCC2NC(=O)NC21)=N/N. The summed E-state index contributed by atoms with van der Waals surface area (Å²) in [5.41, 5.74) is 0.538. The van der Waals surface area contributed by atoms with E-state index in [0.717, 1.165) is 18.6 Å². The van der Waals surface area contributed by atoms with Crippen LogP contribution in [-0.2, 0) is 9.59 Å². The highest BCUT2D eigenvalue weighted by atomic mass is 32.2. The first-order valence-corrected chi connectivity index (χ1v) is 11.7. The second kappa shape index (κ2) is 13.9. The quantitative estimate of drug-likeness (QED) is 0.0644. The van der Waals surface area contributed by atoms with Gasteiger partial charge in [0.05, 0.1) is 24.3 Å². The standard InChI is InChI=1S/C19H34N8O3S/c1-21-7-9-23-17(29)6-5-13(27-20)11-22-8-10-24-16(28)4-2-3-15-18-14(12-31-15)25-19(30)26-18/h11,14-15,18,21H,2-10,12,20H2,1H3,(H,23,29)(H,24,28)(H2,25,26,30)/b22-11?,27-13-/t14?,15-,18?/m0/s1. The number of nitrogens with two attached hydrogens (primary N) is 1. The fourth-order valence-electron chi connectivity index (χ4n) is 3.44. The van der Waals surface area contributed by atoms with Crippen molar-refractivity contribution in [3.05, 3.63) is 0 Å². The van der Waals surface area contributed by atoms with E-state index in [1.165, 1.54) is 0 Å². The lowest BCUT2D eigenvalue weighted by Crippen LogP contribution is -2.37. The van der Waals surface area contributed by atoms with Gasteiger partial charge in [-0.05, 0) is 19.9 Å². The van der Waals surface area contributed by atoms with E-state index in [4.69, 9.17) is 5.84 Å². The number of rotatable bonds is 14. The molecular formula is C19H34N8O3S. The van der Waals surface area contributed by atoms with Crippen molar-refractivity contribution >= 4 is 41.5 Å². The van der Waals surface area contributed by atoms with Crippen LogP contribution in [0.4, 0.5) is 4.79 Å². The Morgan fingerprint density at radius 2 is 1.94 bits per heavy atom. The van der Waals surface area contributed by atoms with Crippen LogP contribution in [0.25, 0.3) is 0 Å². The molecule has 12 heteroatoms. The summed E-state index contributed by atoms with van der Waals surface area (Å²) in [7, 11) is 1.82. The number of fused-ring (bicyclic) bond motifs is 1. The maximum absolute atomic E-state index is 12.0. The molecule has 0 aromatic carbocycles. The summed E-state index contributed by atoms with van der Waals surface area (Å²) >= 11 is 1.85. The summed E-state index contributed by atoms with van der Waals surface area (Å²) in [5, 5.41) is 18.5. The van der Waals surface area contributed by atoms with E-state index in [0.29, 0.717) is 56.4 Å². The summed E-state index contributed by atoms with van der Waals surface area (Å²) in [5.74, 6) is 6.21. The molecule has 4 amide bonds. The first kappa shape index (κ1) is 24.9. The van der Waals surface area contributed by atoms with E-state index in [9.17, 15) is 14.4 Å². The average Bonchev–Trinajstić information content (AvgIpc) is 3.29. The highest BCUT2D eigenvalue weighted by Gasteiger charge is 2.42. The van der Waals surface area contributed by atoms with Crippen molar-refractivity contribution < 1.29 is 14.4 Å². The third-order valence-electron chi connectivity index (χ3n) is 5.11. The van der Waals surface area contributed by atoms with Gasteiger partial charge < -0.3 is 32.4 Å². The molecule has 0 aromatic heterocycles. The van der Waals surface area contributed by atoms with Gasteiger partial charge in [-0.25, -0.2) is 4.79 Å². The monoisotopic (exact) mass is 454 g/mol. The second-order valence-electron chi connectivity index (χ2n) is 7.47. The maximum Gasteiger partial charge on any atom is 0.315 e. The zero-order valence-corrected chi connectivity index (χ0v) is 18.8. The maximum atomic E-state index is 12.0. The van der Waals surface area contributed by atoms with E-state index in [1.54, 1.807) is 6.21 Å². The molecule has 0 aromatic rings. The average molecular weight is 455 g/mol. The molecule has 2 aliphatic rings. The van der Waals surface area contributed by atoms with Gasteiger partial charge in [-0.2, -0.15) is 16.9 Å². The number of aliphatic imine (C=N–C) groups is 1. The van der Waals surface area contributed by atoms with Crippen LogP contribution in [0.5, 0.6) is 0 Å². The van der Waals surface area contributed by atoms with Crippen molar-refractivity contribution in [1.82, 2.24) is 26.6 Å². The van der Waals surface area contributed by atoms with Crippen LogP contribution in [0, 0.1) is 0 Å². The minimum absolute atomic E-state index is 0.00529. The number of amides is 4. The molecule has 2 aliphatic heterocycles. The molecule has 174 valence electrons. The van der Waals surface area contributed by atoms with Gasteiger partial charge in [0, 0.05) is 56.1 Å². The van der Waals surface area contributed by atoms with Crippen molar-refractivity contribution in [3.8, 4) is 0 Å². The molecule has 11 nitrogen and oxygen atoms in total. The van der Waals surface area contributed by atoms with E-state index >= 15 is 0 Å². The Labute approximate surface area is 187 Å². The molecule has 0 saturated carbocycles. The molecule has 31 heavy (non-hydrogen) atoms. The molecule has 0 aliphatic carbocycles. The van der Waals surface area contributed by atoms with Crippen molar-refractivity contribution in [2.45, 2.75) is 49.4 Å². The van der Waals surface area contributed by atoms with Gasteiger partial charge in [-0.15, -0.1) is 0 Å². The van der Waals surface area contributed by atoms with Crippen LogP contribution < -0.4 is 32.4 Å². The summed E-state index contributed by atoms with van der Waals surface area (Å²) in [4.78, 5) is 39.3. The first-order valence-electron chi connectivity index (χ1n) is 10.7. The lowest BCUT2D eigenvalue weighted by Gasteiger charge is -2.16. The Kier molecular flexibility index (Phi) is 11.1. The predicted molar refractivity (Wildman–Crippen MR) is 124 cm³/mol. The van der Waals surface area contributed by atoms with E-state index < -0.39 is 0 Å². The Morgan fingerprint density at radius 1 is 1.16 bits per heavy atom. The molecule has 2 heterocycles. The highest BCUT2D eigenvalue weighted by molar-refractivity contribution is 8.00. The van der Waals surface area contributed by atoms with Crippen molar-refractivity contribution in [1.29, 1.82) is 0 Å². The number of hydrogen-bond donors (Lipinski definition) is 6. The third-order valence-corrected chi connectivity index (χ3v) is 6.61. The number of hydrogen-bond acceptors (Lipinski definition) is 8. The minimum atomic E-state index is -0.0887. The van der Waals surface area contributed by atoms with Gasteiger partial charge in [0.15, 0.2) is 0 Å². The van der Waals surface area contributed by atoms with Crippen LogP contribution >= 0.6 is 11.8 Å². The summed E-state index contributed by atoms with van der Waals surface area (Å²) < 4.78 is 0. The van der Waals surface area contributed by atoms with Crippen LogP contribution in [0.2, 0.25) is 0 Å². The Balaban J connectivity index is 1.51. The number of nitrogens with zero attached hydrogens (tertiary/aromatic N) is 2. The Hall–Kier alpha value is -2.34. The molecule has 0 radical (unpaired) electrons. The number of nitrogens with one attached hydrogen (secondary N) is 5. The normalized spacial score (nSPS) is 22.8. The fourth-order valence-corrected chi connectivity index (χ4v) is 4.99. The predicted octanol–water partition coefficient (Wildman–Crippen LogP) is -1.06. The summed E-state index contributed by atoms with van der Waals surface area (Å²) in [6, 6.07) is 0.297. The molecule has 0 bridgehead atoms. The number of carbonyl (C=O) groups excluding carboxylic acids is 3. The van der Waals surface area contributed by atoms with E-state index in [-0.39, 0.29) is 29.9 Å². The molecule has 7 N–H and O–H groups in total. The largest absolute Gasteiger partial charge is 0.355 e. The molecule has 2 rings (SSSR count). The topological polar surface area (TPSA) is 162 Å². The first-order chi connectivity index (χ1) is 15.0. The highest BCUT2D eigenvalue weighted by Crippen LogP contribution is 2.32. The van der Waals surface area contributed by atoms with E-state index in [1.807, 2.05) is 18.8 Å². The van der Waals surface area contributed by atoms with Crippen LogP contribution in [0.15, 0.2) is 10.1 Å². The van der Waals surface area contributed by atoms with Crippen LogP contribution in [0.1, 0.15) is 32.1 Å². The summed E-state index contributed by atoms with van der Waals surface area (Å²) in [6.45, 7) is 2.14. The van der Waals surface area contributed by atoms with Crippen molar-refractivity contribution in [3.63, 3.8) is 0 Å². The fraction of sp³-hybridized carbons (Fsp3) is 0.737. The Morgan fingerprint density at radius 3 is 2.71 bits per heavy atom. The molecule has 2 unspecified atom stereocenters. The molecule has 0 spiro atoms. The van der Waals surface area contributed by atoms with Gasteiger partial charge in [0.25, 0.3) is 0 Å². The molecule has 3 atom stereocenters. The van der Waals surface area contributed by atoms with Crippen molar-refractivity contribution in [2.75, 3.05) is 39.0 Å². The Bertz CT molecular complexity index is 673. The number of hydrazone groups is 1. The zero-order chi connectivity index (χ0) is 22.5. The summed E-state index contributed by atoms with van der Waals surface area (Å²) in [6.07, 6.45) is 4.39. The van der Waals surface area contributed by atoms with Gasteiger partial charge in [0.1, 0.15) is 0 Å². The van der Waals surface area contributed by atoms with Crippen molar-refractivity contribution in [2.24, 2.45) is 15.9 Å². The van der Waals surface area contributed by atoms with Gasteiger partial charge in [-0.1, -0.05) is 0 Å². The lowest BCUT2D eigenvalue weighted by atomic mass is 10.0. The van der Waals surface area contributed by atoms with E-state index in [2.05, 4.69) is 36.7 Å². The van der Waals surface area contributed by atoms with Gasteiger partial charge >= 0.3 is 6.03 Å². The van der Waals surface area contributed by atoms with Crippen LogP contribution in [-0.4, -0.2) is 86.1 Å². The number of carbonyl (C=O) groups is 3. The third kappa shape index (κ3) is 9.13. The van der Waals surface area contributed by atoms with Gasteiger partial charge in [0.2, 0.25) is 11.8 Å². The number of thioether (sulfide) groups is 1. The zero-order valence-electron chi connectivity index (χ0n) is 18.0. The molecular weight excluding hydrogens is 420 g/mol. The molecule has 2 fully saturated rings. The van der Waals surface area contributed by atoms with Gasteiger partial charge in [-0.3, -0.25) is 14.6 Å².